The van der Waals surface area contributed by atoms with E-state index in [4.69, 9.17) is 0 Å². The Hall–Kier alpha value is -1.32. The molecule has 0 radical (unpaired) electrons. The molecule has 0 saturated carbocycles. The van der Waals surface area contributed by atoms with Crippen LogP contribution < -0.4 is 4.90 Å². The van der Waals surface area contributed by atoms with Gasteiger partial charge in [0, 0.05) is 0 Å². The molecule has 0 unspecified atom stereocenters. The Bertz CT molecular complexity index is 619. The van der Waals surface area contributed by atoms with Crippen molar-refractivity contribution in [2.45, 2.75) is 6.54 Å². The van der Waals surface area contributed by atoms with Crippen molar-refractivity contribution in [2.75, 3.05) is 4.90 Å². The Morgan fingerprint density at radius 1 is 0.944 bits per heavy atom. The normalized spacial score (nSPS) is 13.8. The zero-order valence-corrected chi connectivity index (χ0v) is 11.0. The van der Waals surface area contributed by atoms with Crippen LogP contribution in [0.2, 0.25) is 0 Å². The van der Waals surface area contributed by atoms with Gasteiger partial charge in [0.05, 0.1) is 0 Å². The van der Waals surface area contributed by atoms with Gasteiger partial charge in [0.1, 0.15) is 0 Å². The molecule has 18 heavy (non-hydrogen) atoms. The Morgan fingerprint density at radius 3 is 2.28 bits per heavy atom. The Kier molecular flexibility index (Phi) is 2.88. The SMILES string of the molecule is Fc1cccc(F)c1N1Cc2ccccc2[C]1=[Ti]. The summed E-state index contributed by atoms with van der Waals surface area (Å²) in [6, 6.07) is 11.8. The number of benzene rings is 2. The molecule has 1 nitrogen and oxygen atoms in total. The van der Waals surface area contributed by atoms with Crippen LogP contribution in [-0.4, -0.2) is 3.94 Å². The second kappa shape index (κ2) is 4.41. The first-order chi connectivity index (χ1) is 8.68. The van der Waals surface area contributed by atoms with E-state index in [1.807, 2.05) is 44.2 Å². The third-order valence-corrected chi connectivity index (χ3v) is 3.92. The maximum atomic E-state index is 13.8. The van der Waals surface area contributed by atoms with Crippen molar-refractivity contribution in [3.63, 3.8) is 0 Å². The number of halogens is 2. The average molecular weight is 277 g/mol. The summed E-state index contributed by atoms with van der Waals surface area (Å²) in [5.74, 6) is -1.05. The van der Waals surface area contributed by atoms with Gasteiger partial charge in [0.2, 0.25) is 0 Å². The van der Waals surface area contributed by atoms with Crippen LogP contribution in [0.4, 0.5) is 14.5 Å². The minimum atomic E-state index is -0.526. The minimum absolute atomic E-state index is 0.0335. The summed E-state index contributed by atoms with van der Waals surface area (Å²) in [6.07, 6.45) is 0. The Morgan fingerprint density at radius 2 is 1.61 bits per heavy atom. The molecular formula is C14H9F2NTi. The zero-order chi connectivity index (χ0) is 12.7. The molecule has 2 aromatic rings. The first kappa shape index (κ1) is 11.8. The van der Waals surface area contributed by atoms with Crippen LogP contribution in [0.15, 0.2) is 42.5 Å². The van der Waals surface area contributed by atoms with E-state index in [1.165, 1.54) is 18.2 Å². The number of anilines is 1. The van der Waals surface area contributed by atoms with E-state index in [0.29, 0.717) is 6.54 Å². The second-order valence-electron chi connectivity index (χ2n) is 4.16. The first-order valence-corrected chi connectivity index (χ1v) is 6.35. The van der Waals surface area contributed by atoms with E-state index in [9.17, 15) is 8.78 Å². The van der Waals surface area contributed by atoms with Gasteiger partial charge >= 0.3 is 115 Å². The van der Waals surface area contributed by atoms with Gasteiger partial charge in [0.25, 0.3) is 0 Å². The molecule has 0 spiro atoms. The molecule has 2 aromatic carbocycles. The molecule has 0 saturated heterocycles. The Balaban J connectivity index is 2.10. The van der Waals surface area contributed by atoms with E-state index in [0.717, 1.165) is 15.1 Å². The fourth-order valence-corrected chi connectivity index (χ4v) is 2.90. The van der Waals surface area contributed by atoms with E-state index in [1.54, 1.807) is 4.90 Å². The topological polar surface area (TPSA) is 3.24 Å². The van der Waals surface area contributed by atoms with E-state index in [-0.39, 0.29) is 5.69 Å². The number of nitrogens with zero attached hydrogens (tertiary/aromatic N) is 1. The third-order valence-electron chi connectivity index (χ3n) is 3.08. The quantitative estimate of drug-likeness (QED) is 0.724. The average Bonchev–Trinajstić information content (AvgIpc) is 2.68. The van der Waals surface area contributed by atoms with Gasteiger partial charge in [0.15, 0.2) is 0 Å². The number of hydrogen-bond donors (Lipinski definition) is 0. The van der Waals surface area contributed by atoms with Gasteiger partial charge < -0.3 is 0 Å². The van der Waals surface area contributed by atoms with Crippen LogP contribution in [0.5, 0.6) is 0 Å². The van der Waals surface area contributed by atoms with Gasteiger partial charge in [-0.25, -0.2) is 0 Å². The fourth-order valence-electron chi connectivity index (χ4n) is 2.22. The van der Waals surface area contributed by atoms with Crippen molar-refractivity contribution >= 4 is 9.62 Å². The molecule has 0 amide bonds. The van der Waals surface area contributed by atoms with Gasteiger partial charge in [-0.2, -0.15) is 0 Å². The van der Waals surface area contributed by atoms with Crippen molar-refractivity contribution in [1.82, 2.24) is 0 Å². The standard InChI is InChI=1S/C14H9F2N.Ti/c15-12-6-3-7-13(16)14(12)17-8-10-4-1-2-5-11(10)9-17;/h1-7H,8H2;. The molecule has 0 aliphatic carbocycles. The zero-order valence-electron chi connectivity index (χ0n) is 9.45. The molecular weight excluding hydrogens is 268 g/mol. The summed E-state index contributed by atoms with van der Waals surface area (Å²) < 4.78 is 28.5. The van der Waals surface area contributed by atoms with Crippen LogP contribution in [0.3, 0.4) is 0 Å². The molecule has 0 N–H and O–H groups in total. The number of rotatable bonds is 1. The second-order valence-corrected chi connectivity index (χ2v) is 4.90. The molecule has 0 fully saturated rings. The predicted molar refractivity (Wildman–Crippen MR) is 63.1 cm³/mol. The van der Waals surface area contributed by atoms with Crippen molar-refractivity contribution in [3.05, 3.63) is 65.2 Å². The van der Waals surface area contributed by atoms with Crippen LogP contribution in [0.1, 0.15) is 11.1 Å². The molecule has 0 aromatic heterocycles. The van der Waals surface area contributed by atoms with Crippen LogP contribution in [-0.2, 0) is 26.5 Å². The van der Waals surface area contributed by atoms with Crippen molar-refractivity contribution in [1.29, 1.82) is 0 Å². The molecule has 3 rings (SSSR count). The Labute approximate surface area is 115 Å². The molecule has 1 aliphatic heterocycles. The molecule has 4 heteroatoms. The van der Waals surface area contributed by atoms with Crippen LogP contribution in [0, 0.1) is 11.6 Å². The molecule has 1 heterocycles. The summed E-state index contributed by atoms with van der Waals surface area (Å²) in [6.45, 7) is 0.514. The summed E-state index contributed by atoms with van der Waals surface area (Å²) >= 11 is 1.89. The molecule has 88 valence electrons. The molecule has 0 atom stereocenters. The maximum absolute atomic E-state index is 13.8. The summed E-state index contributed by atoms with van der Waals surface area (Å²) in [7, 11) is 0. The number of para-hydroxylation sites is 1. The summed E-state index contributed by atoms with van der Waals surface area (Å²) in [5.41, 5.74) is 2.18. The van der Waals surface area contributed by atoms with E-state index >= 15 is 0 Å². The van der Waals surface area contributed by atoms with Crippen molar-refractivity contribution in [2.24, 2.45) is 0 Å². The third kappa shape index (κ3) is 1.75. The van der Waals surface area contributed by atoms with E-state index < -0.39 is 11.6 Å². The fraction of sp³-hybridized carbons (Fsp3) is 0.0714. The van der Waals surface area contributed by atoms with Crippen molar-refractivity contribution < 1.29 is 28.8 Å². The number of fused-ring (bicyclic) bond motifs is 1. The van der Waals surface area contributed by atoms with Crippen molar-refractivity contribution in [3.8, 4) is 0 Å². The van der Waals surface area contributed by atoms with Gasteiger partial charge in [-0.15, -0.1) is 0 Å². The summed E-state index contributed by atoms with van der Waals surface area (Å²) in [5, 5.41) is 0. The monoisotopic (exact) mass is 277 g/mol. The van der Waals surface area contributed by atoms with E-state index in [2.05, 4.69) is 0 Å². The first-order valence-electron chi connectivity index (χ1n) is 5.57. The van der Waals surface area contributed by atoms with Gasteiger partial charge in [-0.1, -0.05) is 0 Å². The summed E-state index contributed by atoms with van der Waals surface area (Å²) in [4.78, 5) is 1.69. The number of hydrogen-bond acceptors (Lipinski definition) is 1. The van der Waals surface area contributed by atoms with Gasteiger partial charge in [-0.3, -0.25) is 0 Å². The van der Waals surface area contributed by atoms with Crippen LogP contribution in [0.25, 0.3) is 0 Å². The predicted octanol–water partition coefficient (Wildman–Crippen LogP) is 3.01. The van der Waals surface area contributed by atoms with Gasteiger partial charge in [-0.05, 0) is 0 Å². The molecule has 1 aliphatic rings. The molecule has 0 bridgehead atoms. The van der Waals surface area contributed by atoms with Crippen LogP contribution >= 0.6 is 0 Å².